The molecule has 0 aliphatic rings. The summed E-state index contributed by atoms with van der Waals surface area (Å²) in [5.74, 6) is -3.82. The van der Waals surface area contributed by atoms with Crippen molar-refractivity contribution in [3.63, 3.8) is 0 Å². The van der Waals surface area contributed by atoms with Gasteiger partial charge in [0.1, 0.15) is 12.2 Å². The van der Waals surface area contributed by atoms with Crippen LogP contribution in [0.15, 0.2) is 36.5 Å². The first-order valence-corrected chi connectivity index (χ1v) is 13.3. The van der Waals surface area contributed by atoms with Crippen molar-refractivity contribution in [2.45, 2.75) is 51.4 Å². The summed E-state index contributed by atoms with van der Waals surface area (Å²) < 4.78 is 94.2. The van der Waals surface area contributed by atoms with Gasteiger partial charge in [-0.1, -0.05) is 23.2 Å². The highest BCUT2D eigenvalue weighted by atomic mass is 35.5. The maximum atomic E-state index is 14.4. The van der Waals surface area contributed by atoms with E-state index in [0.717, 1.165) is 10.7 Å². The zero-order valence-corrected chi connectivity index (χ0v) is 24.6. The Kier molecular flexibility index (Phi) is 9.12. The number of nitrogens with zero attached hydrogens (tertiary/aromatic N) is 7. The van der Waals surface area contributed by atoms with Gasteiger partial charge in [0.2, 0.25) is 5.82 Å². The molecule has 0 unspecified atom stereocenters. The molecule has 4 rings (SSSR count). The van der Waals surface area contributed by atoms with E-state index in [1.54, 1.807) is 20.8 Å². The Morgan fingerprint density at radius 2 is 1.64 bits per heavy atom. The minimum absolute atomic E-state index is 0.000363. The molecule has 1 aromatic carbocycles. The summed E-state index contributed by atoms with van der Waals surface area (Å²) in [5, 5.41) is 18.4. The number of carbonyl (C=O) groups excluding carboxylic acids is 2. The predicted molar refractivity (Wildman–Crippen MR) is 145 cm³/mol. The van der Waals surface area contributed by atoms with Crippen LogP contribution in [0.25, 0.3) is 5.82 Å². The molecular weight excluding hydrogens is 662 g/mol. The van der Waals surface area contributed by atoms with E-state index in [0.29, 0.717) is 5.56 Å². The van der Waals surface area contributed by atoms with Crippen LogP contribution >= 0.6 is 23.2 Å². The van der Waals surface area contributed by atoms with Gasteiger partial charge >= 0.3 is 18.0 Å². The summed E-state index contributed by atoms with van der Waals surface area (Å²) in [6.45, 7) is 4.25. The lowest BCUT2D eigenvalue weighted by Crippen LogP contribution is -2.51. The summed E-state index contributed by atoms with van der Waals surface area (Å²) in [4.78, 5) is 30.8. The largest absolute Gasteiger partial charge is 0.439 e. The number of tetrazole rings is 1. The van der Waals surface area contributed by atoms with Crippen LogP contribution in [0.5, 0.6) is 0 Å². The van der Waals surface area contributed by atoms with Gasteiger partial charge in [-0.2, -0.15) is 36.2 Å². The maximum Gasteiger partial charge on any atom is 0.439 e. The molecule has 4 aromatic rings. The van der Waals surface area contributed by atoms with Crippen LogP contribution in [0.2, 0.25) is 10.0 Å². The van der Waals surface area contributed by atoms with Gasteiger partial charge in [0.15, 0.2) is 5.82 Å². The number of nitrogens with one attached hydrogen (secondary N) is 2. The van der Waals surface area contributed by atoms with Gasteiger partial charge in [-0.25, -0.2) is 14.1 Å². The zero-order chi connectivity index (χ0) is 33.5. The first-order chi connectivity index (χ1) is 20.8. The second-order valence-corrected chi connectivity index (χ2v) is 10.6. The van der Waals surface area contributed by atoms with E-state index in [-0.39, 0.29) is 49.3 Å². The van der Waals surface area contributed by atoms with Gasteiger partial charge in [0.05, 0.1) is 22.0 Å². The molecule has 0 fully saturated rings. The number of rotatable bonds is 8. The number of amides is 2. The van der Waals surface area contributed by atoms with Crippen molar-refractivity contribution in [2.24, 2.45) is 0 Å². The SMILES string of the molecule is Cc1cc(Cl)cc(C(=O)NC(C)C)c1NC(=O)c1cc(Cn2nnc(C(F)(C(F)(F)F)C(F)(F)F)n2)nn1-c1ncccc1Cl. The fraction of sp³-hybridized carbons (Fsp3) is 0.320. The molecule has 0 aliphatic carbocycles. The highest BCUT2D eigenvalue weighted by Crippen LogP contribution is 2.51. The smallest absolute Gasteiger partial charge is 0.350 e. The number of hydrogen-bond donors (Lipinski definition) is 2. The van der Waals surface area contributed by atoms with Gasteiger partial charge in [-0.3, -0.25) is 9.59 Å². The molecule has 20 heteroatoms. The number of anilines is 1. The first kappa shape index (κ1) is 33.6. The van der Waals surface area contributed by atoms with E-state index in [4.69, 9.17) is 23.2 Å². The predicted octanol–water partition coefficient (Wildman–Crippen LogP) is 5.60. The van der Waals surface area contributed by atoms with Gasteiger partial charge in [-0.05, 0) is 61.9 Å². The molecule has 0 spiro atoms. The molecule has 2 amide bonds. The summed E-state index contributed by atoms with van der Waals surface area (Å²) in [7, 11) is 0. The summed E-state index contributed by atoms with van der Waals surface area (Å²) in [5.41, 5.74) is -5.91. The van der Waals surface area contributed by atoms with E-state index in [9.17, 15) is 40.3 Å². The van der Waals surface area contributed by atoms with Crippen molar-refractivity contribution in [3.05, 3.63) is 74.9 Å². The molecular formula is C25H20Cl2F7N9O2. The first-order valence-electron chi connectivity index (χ1n) is 12.6. The normalized spacial score (nSPS) is 12.5. The zero-order valence-electron chi connectivity index (χ0n) is 23.1. The number of alkyl halides is 7. The van der Waals surface area contributed by atoms with Crippen molar-refractivity contribution in [1.82, 2.24) is 40.3 Å². The van der Waals surface area contributed by atoms with E-state index in [1.807, 2.05) is 0 Å². The number of pyridine rings is 1. The quantitative estimate of drug-likeness (QED) is 0.232. The molecule has 0 aliphatic heterocycles. The lowest BCUT2D eigenvalue weighted by molar-refractivity contribution is -0.351. The third-order valence-electron chi connectivity index (χ3n) is 5.98. The second kappa shape index (κ2) is 12.2. The molecule has 2 N–H and O–H groups in total. The molecule has 0 radical (unpaired) electrons. The van der Waals surface area contributed by atoms with Gasteiger partial charge in [0.25, 0.3) is 11.8 Å². The summed E-state index contributed by atoms with van der Waals surface area (Å²) >= 11 is 12.4. The van der Waals surface area contributed by atoms with Crippen LogP contribution in [0.1, 0.15) is 51.8 Å². The lowest BCUT2D eigenvalue weighted by Gasteiger charge is -2.26. The number of aromatic nitrogens is 7. The fourth-order valence-electron chi connectivity index (χ4n) is 3.98. The fourth-order valence-corrected chi connectivity index (χ4v) is 4.45. The van der Waals surface area contributed by atoms with Crippen molar-refractivity contribution in [1.29, 1.82) is 0 Å². The van der Waals surface area contributed by atoms with Gasteiger partial charge < -0.3 is 10.6 Å². The standard InChI is InChI=1S/C25H20Cl2F7N9O2/c1-11(2)36-20(44)15-8-13(26)7-12(3)18(15)37-21(45)17-9-14(39-43(17)19-16(27)5-4-6-35-19)10-42-40-22(38-41-42)23(28,24(29,30)31)25(32,33)34/h4-9,11H,10H2,1-3H3,(H,36,44)(H,37,45). The topological polar surface area (TPSA) is 133 Å². The van der Waals surface area contributed by atoms with Crippen LogP contribution in [0, 0.1) is 6.92 Å². The van der Waals surface area contributed by atoms with Crippen LogP contribution < -0.4 is 10.6 Å². The highest BCUT2D eigenvalue weighted by Gasteiger charge is 2.76. The Bertz CT molecular complexity index is 1740. The van der Waals surface area contributed by atoms with E-state index >= 15 is 0 Å². The van der Waals surface area contributed by atoms with Crippen molar-refractivity contribution in [3.8, 4) is 5.82 Å². The number of halogens is 9. The van der Waals surface area contributed by atoms with Crippen molar-refractivity contribution >= 4 is 40.7 Å². The van der Waals surface area contributed by atoms with Crippen LogP contribution in [0.4, 0.5) is 36.4 Å². The van der Waals surface area contributed by atoms with E-state index in [2.05, 4.69) is 36.1 Å². The van der Waals surface area contributed by atoms with Gasteiger partial charge in [0, 0.05) is 17.3 Å². The van der Waals surface area contributed by atoms with Gasteiger partial charge in [-0.15, -0.1) is 10.2 Å². The molecule has 11 nitrogen and oxygen atoms in total. The van der Waals surface area contributed by atoms with Crippen molar-refractivity contribution < 1.29 is 40.3 Å². The molecule has 3 heterocycles. The van der Waals surface area contributed by atoms with Crippen LogP contribution in [0.3, 0.4) is 0 Å². The Morgan fingerprint density at radius 1 is 0.978 bits per heavy atom. The molecule has 3 aromatic heterocycles. The minimum atomic E-state index is -6.45. The Balaban J connectivity index is 1.75. The molecule has 0 atom stereocenters. The number of hydrogen-bond acceptors (Lipinski definition) is 7. The second-order valence-electron chi connectivity index (χ2n) is 9.77. The Morgan fingerprint density at radius 3 is 2.24 bits per heavy atom. The van der Waals surface area contributed by atoms with E-state index in [1.165, 1.54) is 30.5 Å². The average molecular weight is 682 g/mol. The average Bonchev–Trinajstić information content (AvgIpc) is 3.55. The maximum absolute atomic E-state index is 14.4. The number of aryl methyl sites for hydroxylation is 1. The molecule has 0 saturated carbocycles. The van der Waals surface area contributed by atoms with E-state index < -0.39 is 42.2 Å². The van der Waals surface area contributed by atoms with Crippen molar-refractivity contribution in [2.75, 3.05) is 5.32 Å². The summed E-state index contributed by atoms with van der Waals surface area (Å²) in [6.07, 6.45) is -11.6. The Labute approximate surface area is 258 Å². The van der Waals surface area contributed by atoms with Crippen LogP contribution in [-0.2, 0) is 12.2 Å². The highest BCUT2D eigenvalue weighted by molar-refractivity contribution is 6.32. The number of carbonyl (C=O) groups is 2. The minimum Gasteiger partial charge on any atom is -0.350 e. The third kappa shape index (κ3) is 6.70. The molecule has 0 bridgehead atoms. The summed E-state index contributed by atoms with van der Waals surface area (Å²) in [6, 6.07) is 6.52. The molecule has 240 valence electrons. The molecule has 0 saturated heterocycles. The third-order valence-corrected chi connectivity index (χ3v) is 6.49. The monoisotopic (exact) mass is 681 g/mol. The molecule has 45 heavy (non-hydrogen) atoms. The number of benzene rings is 1. The van der Waals surface area contributed by atoms with Crippen LogP contribution in [-0.4, -0.2) is 65.2 Å². The lowest BCUT2D eigenvalue weighted by atomic mass is 10.1. The Hall–Kier alpha value is -4.32.